The van der Waals surface area contributed by atoms with Gasteiger partial charge in [-0.25, -0.2) is 0 Å². The zero-order valence-electron chi connectivity index (χ0n) is 7.79. The number of hydrogen-bond donors (Lipinski definition) is 0. The highest BCUT2D eigenvalue weighted by Gasteiger charge is 1.98. The second kappa shape index (κ2) is 3.76. The Hall–Kier alpha value is -2.41. The lowest BCUT2D eigenvalue weighted by Crippen LogP contribution is -2.18. The first-order chi connectivity index (χ1) is 7.31. The normalized spacial score (nSPS) is 9.53. The lowest BCUT2D eigenvalue weighted by Gasteiger charge is -2.02. The molecule has 2 rings (SSSR count). The van der Waals surface area contributed by atoms with E-state index in [9.17, 15) is 4.79 Å². The molecule has 0 amide bonds. The van der Waals surface area contributed by atoms with E-state index in [1.807, 2.05) is 6.07 Å². The maximum Gasteiger partial charge on any atom is 0.271 e. The molecule has 4 heteroatoms. The number of nitriles is 1. The van der Waals surface area contributed by atoms with Crippen LogP contribution in [0.3, 0.4) is 0 Å². The Labute approximate surface area is 86.0 Å². The predicted molar refractivity (Wildman–Crippen MR) is 54.5 cm³/mol. The quantitative estimate of drug-likeness (QED) is 0.687. The van der Waals surface area contributed by atoms with Crippen molar-refractivity contribution in [3.8, 4) is 11.8 Å². The topological polar surface area (TPSA) is 58.7 Å². The van der Waals surface area contributed by atoms with Gasteiger partial charge < -0.3 is 0 Å². The molecule has 0 aliphatic carbocycles. The third-order valence-electron chi connectivity index (χ3n) is 1.96. The molecule has 72 valence electrons. The van der Waals surface area contributed by atoms with Crippen molar-refractivity contribution in [1.29, 1.82) is 5.26 Å². The summed E-state index contributed by atoms with van der Waals surface area (Å²) in [7, 11) is 0. The minimum absolute atomic E-state index is 0.192. The average Bonchev–Trinajstić information content (AvgIpc) is 2.30. The van der Waals surface area contributed by atoms with Crippen LogP contribution < -0.4 is 5.56 Å². The van der Waals surface area contributed by atoms with Crippen molar-refractivity contribution in [2.45, 2.75) is 0 Å². The van der Waals surface area contributed by atoms with Gasteiger partial charge in [-0.3, -0.25) is 4.79 Å². The molecule has 0 spiro atoms. The van der Waals surface area contributed by atoms with Crippen LogP contribution >= 0.6 is 0 Å². The first-order valence-corrected chi connectivity index (χ1v) is 4.36. The monoisotopic (exact) mass is 197 g/mol. The Bertz CT molecular complexity index is 563. The van der Waals surface area contributed by atoms with Crippen molar-refractivity contribution in [2.75, 3.05) is 0 Å². The molecule has 2 aromatic rings. The van der Waals surface area contributed by atoms with Crippen LogP contribution in [0.1, 0.15) is 5.56 Å². The molecule has 0 bridgehead atoms. The van der Waals surface area contributed by atoms with Gasteiger partial charge in [0.15, 0.2) is 0 Å². The molecule has 1 heterocycles. The first kappa shape index (κ1) is 9.16. The molecule has 0 unspecified atom stereocenters. The van der Waals surface area contributed by atoms with E-state index in [0.29, 0.717) is 11.3 Å². The molecular formula is C11H7N3O. The van der Waals surface area contributed by atoms with Crippen LogP contribution in [-0.4, -0.2) is 9.78 Å². The lowest BCUT2D eigenvalue weighted by atomic mass is 10.2. The zero-order chi connectivity index (χ0) is 10.7. The molecule has 0 radical (unpaired) electrons. The average molecular weight is 197 g/mol. The highest BCUT2D eigenvalue weighted by atomic mass is 16.1. The maximum absolute atomic E-state index is 11.4. The SMILES string of the molecule is N#Cc1ccc(-n2ncccc2=O)cc1. The van der Waals surface area contributed by atoms with Gasteiger partial charge in [-0.1, -0.05) is 0 Å². The second-order valence-corrected chi connectivity index (χ2v) is 2.93. The Kier molecular flexibility index (Phi) is 2.30. The van der Waals surface area contributed by atoms with Crippen LogP contribution in [0.15, 0.2) is 47.4 Å². The van der Waals surface area contributed by atoms with E-state index in [4.69, 9.17) is 5.26 Å². The van der Waals surface area contributed by atoms with Crippen LogP contribution in [-0.2, 0) is 0 Å². The van der Waals surface area contributed by atoms with Crippen molar-refractivity contribution in [3.05, 3.63) is 58.5 Å². The van der Waals surface area contributed by atoms with Crippen LogP contribution in [0.5, 0.6) is 0 Å². The number of nitrogens with zero attached hydrogens (tertiary/aromatic N) is 3. The molecule has 1 aromatic carbocycles. The highest BCUT2D eigenvalue weighted by molar-refractivity contribution is 5.38. The van der Waals surface area contributed by atoms with Gasteiger partial charge in [0.1, 0.15) is 0 Å². The van der Waals surface area contributed by atoms with Gasteiger partial charge >= 0.3 is 0 Å². The third kappa shape index (κ3) is 1.76. The summed E-state index contributed by atoms with van der Waals surface area (Å²) in [5.41, 5.74) is 1.02. The summed E-state index contributed by atoms with van der Waals surface area (Å²) in [4.78, 5) is 11.4. The van der Waals surface area contributed by atoms with E-state index in [1.54, 1.807) is 36.5 Å². The van der Waals surface area contributed by atoms with Gasteiger partial charge in [0.25, 0.3) is 5.56 Å². The summed E-state index contributed by atoms with van der Waals surface area (Å²) >= 11 is 0. The second-order valence-electron chi connectivity index (χ2n) is 2.93. The fourth-order valence-corrected chi connectivity index (χ4v) is 1.23. The highest BCUT2D eigenvalue weighted by Crippen LogP contribution is 2.05. The summed E-state index contributed by atoms with van der Waals surface area (Å²) in [5.74, 6) is 0. The molecule has 15 heavy (non-hydrogen) atoms. The van der Waals surface area contributed by atoms with Crippen molar-refractivity contribution in [2.24, 2.45) is 0 Å². The summed E-state index contributed by atoms with van der Waals surface area (Å²) in [5, 5.41) is 12.5. The molecule has 0 fully saturated rings. The van der Waals surface area contributed by atoms with Crippen molar-refractivity contribution in [3.63, 3.8) is 0 Å². The molecule has 0 saturated heterocycles. The summed E-state index contributed by atoms with van der Waals surface area (Å²) < 4.78 is 1.28. The number of benzene rings is 1. The standard InChI is InChI=1S/C11H7N3O/c12-8-9-3-5-10(6-4-9)14-11(15)2-1-7-13-14/h1-7H. The smallest absolute Gasteiger partial charge is 0.267 e. The lowest BCUT2D eigenvalue weighted by molar-refractivity contribution is 0.807. The molecule has 1 aromatic heterocycles. The van der Waals surface area contributed by atoms with E-state index >= 15 is 0 Å². The van der Waals surface area contributed by atoms with Crippen molar-refractivity contribution in [1.82, 2.24) is 9.78 Å². The van der Waals surface area contributed by atoms with Crippen LogP contribution in [0.2, 0.25) is 0 Å². The largest absolute Gasteiger partial charge is 0.271 e. The first-order valence-electron chi connectivity index (χ1n) is 4.36. The minimum atomic E-state index is -0.192. The third-order valence-corrected chi connectivity index (χ3v) is 1.96. The molecule has 0 N–H and O–H groups in total. The molecular weight excluding hydrogens is 190 g/mol. The Morgan fingerprint density at radius 3 is 2.53 bits per heavy atom. The van der Waals surface area contributed by atoms with Crippen LogP contribution in [0.4, 0.5) is 0 Å². The van der Waals surface area contributed by atoms with Gasteiger partial charge in [-0.05, 0) is 30.3 Å². The van der Waals surface area contributed by atoms with Crippen molar-refractivity contribution >= 4 is 0 Å². The fourth-order valence-electron chi connectivity index (χ4n) is 1.23. The van der Waals surface area contributed by atoms with Gasteiger partial charge in [0.05, 0.1) is 17.3 Å². The van der Waals surface area contributed by atoms with E-state index in [-0.39, 0.29) is 5.56 Å². The Morgan fingerprint density at radius 1 is 1.20 bits per heavy atom. The minimum Gasteiger partial charge on any atom is -0.267 e. The Balaban J connectivity index is 2.52. The zero-order valence-corrected chi connectivity index (χ0v) is 7.79. The van der Waals surface area contributed by atoms with E-state index in [0.717, 1.165) is 0 Å². The van der Waals surface area contributed by atoms with Gasteiger partial charge in [0, 0.05) is 12.3 Å². The fraction of sp³-hybridized carbons (Fsp3) is 0. The summed E-state index contributed by atoms with van der Waals surface area (Å²) in [6, 6.07) is 11.7. The van der Waals surface area contributed by atoms with Crippen molar-refractivity contribution < 1.29 is 0 Å². The molecule has 0 atom stereocenters. The van der Waals surface area contributed by atoms with Crippen LogP contribution in [0, 0.1) is 11.3 Å². The predicted octanol–water partition coefficient (Wildman–Crippen LogP) is 1.10. The molecule has 0 saturated carbocycles. The molecule has 4 nitrogen and oxygen atoms in total. The maximum atomic E-state index is 11.4. The Morgan fingerprint density at radius 2 is 1.93 bits per heavy atom. The van der Waals surface area contributed by atoms with Crippen LogP contribution in [0.25, 0.3) is 5.69 Å². The van der Waals surface area contributed by atoms with E-state index < -0.39 is 0 Å². The summed E-state index contributed by atoms with van der Waals surface area (Å²) in [6.07, 6.45) is 1.54. The van der Waals surface area contributed by atoms with Gasteiger partial charge in [-0.15, -0.1) is 0 Å². The number of aromatic nitrogens is 2. The summed E-state index contributed by atoms with van der Waals surface area (Å²) in [6.45, 7) is 0. The van der Waals surface area contributed by atoms with E-state index in [1.165, 1.54) is 10.7 Å². The van der Waals surface area contributed by atoms with E-state index in [2.05, 4.69) is 5.10 Å². The number of hydrogen-bond acceptors (Lipinski definition) is 3. The molecule has 0 aliphatic heterocycles. The van der Waals surface area contributed by atoms with Gasteiger partial charge in [-0.2, -0.15) is 15.0 Å². The molecule has 0 aliphatic rings. The van der Waals surface area contributed by atoms with Gasteiger partial charge in [0.2, 0.25) is 0 Å². The number of rotatable bonds is 1.